The van der Waals surface area contributed by atoms with Crippen molar-refractivity contribution >= 4 is 33.0 Å². The summed E-state index contributed by atoms with van der Waals surface area (Å²) < 4.78 is 12.8. The number of rotatable bonds is 2. The molecule has 0 amide bonds. The third kappa shape index (κ3) is 3.71. The van der Waals surface area contributed by atoms with Crippen molar-refractivity contribution in [3.63, 3.8) is 0 Å². The molecule has 0 atom stereocenters. The van der Waals surface area contributed by atoms with Gasteiger partial charge in [-0.1, -0.05) is 65.8 Å². The van der Waals surface area contributed by atoms with Crippen LogP contribution in [0.2, 0.25) is 0 Å². The van der Waals surface area contributed by atoms with E-state index in [9.17, 15) is 10.2 Å². The highest BCUT2D eigenvalue weighted by Gasteiger charge is 2.29. The molecule has 0 bridgehead atoms. The Bertz CT molecular complexity index is 1730. The first-order valence-electron chi connectivity index (χ1n) is 12.7. The monoisotopic (exact) mass is 506 g/mol. The van der Waals surface area contributed by atoms with Gasteiger partial charge in [0.05, 0.1) is 11.1 Å². The largest absolute Gasteiger partial charge is 0.507 e. The van der Waals surface area contributed by atoms with Crippen LogP contribution in [-0.2, 0) is 10.8 Å². The second-order valence-electron chi connectivity index (χ2n) is 11.9. The van der Waals surface area contributed by atoms with E-state index in [0.29, 0.717) is 45.1 Å². The molecule has 2 heterocycles. The number of benzene rings is 4. The van der Waals surface area contributed by atoms with Crippen LogP contribution in [0.3, 0.4) is 0 Å². The molecule has 0 aliphatic carbocycles. The van der Waals surface area contributed by atoms with Crippen molar-refractivity contribution in [1.29, 1.82) is 0 Å². The maximum Gasteiger partial charge on any atom is 0.231 e. The van der Waals surface area contributed by atoms with Gasteiger partial charge in [-0.2, -0.15) is 0 Å². The number of para-hydroxylation sites is 2. The lowest BCUT2D eigenvalue weighted by Crippen LogP contribution is -2.13. The topological polar surface area (TPSA) is 92.5 Å². The summed E-state index contributed by atoms with van der Waals surface area (Å²) in [7, 11) is 0. The van der Waals surface area contributed by atoms with Gasteiger partial charge in [-0.25, -0.2) is 9.97 Å². The predicted octanol–water partition coefficient (Wildman–Crippen LogP) is 8.46. The lowest BCUT2D eigenvalue weighted by Gasteiger charge is -2.22. The van der Waals surface area contributed by atoms with Crippen molar-refractivity contribution < 1.29 is 19.0 Å². The molecule has 0 saturated heterocycles. The van der Waals surface area contributed by atoms with E-state index in [1.165, 1.54) is 0 Å². The smallest absolute Gasteiger partial charge is 0.231 e. The van der Waals surface area contributed by atoms with E-state index < -0.39 is 0 Å². The number of aromatic hydroxyl groups is 2. The third-order valence-electron chi connectivity index (χ3n) is 6.99. The summed E-state index contributed by atoms with van der Waals surface area (Å²) in [5.74, 6) is 0.885. The van der Waals surface area contributed by atoms with Crippen LogP contribution in [0, 0.1) is 0 Å². The van der Waals surface area contributed by atoms with Gasteiger partial charge >= 0.3 is 0 Å². The number of oxazole rings is 2. The molecule has 0 aliphatic heterocycles. The molecule has 2 aromatic heterocycles. The fourth-order valence-electron chi connectivity index (χ4n) is 5.01. The van der Waals surface area contributed by atoms with Gasteiger partial charge in [-0.15, -0.1) is 0 Å². The van der Waals surface area contributed by atoms with Crippen molar-refractivity contribution in [1.82, 2.24) is 9.97 Å². The second kappa shape index (κ2) is 8.09. The second-order valence-corrected chi connectivity index (χ2v) is 11.9. The molecule has 38 heavy (non-hydrogen) atoms. The van der Waals surface area contributed by atoms with Gasteiger partial charge in [0.2, 0.25) is 11.8 Å². The van der Waals surface area contributed by atoms with E-state index in [-0.39, 0.29) is 22.3 Å². The average Bonchev–Trinajstić information content (AvgIpc) is 3.47. The summed E-state index contributed by atoms with van der Waals surface area (Å²) in [5, 5.41) is 22.9. The molecule has 0 saturated carbocycles. The fraction of sp³-hybridized carbons (Fsp3) is 0.250. The molecule has 2 N–H and O–H groups in total. The first-order chi connectivity index (χ1) is 17.9. The van der Waals surface area contributed by atoms with Gasteiger partial charge in [-0.05, 0) is 52.6 Å². The average molecular weight is 507 g/mol. The van der Waals surface area contributed by atoms with Crippen LogP contribution in [0.25, 0.3) is 55.9 Å². The molecule has 6 heteroatoms. The van der Waals surface area contributed by atoms with Crippen LogP contribution in [0.15, 0.2) is 69.5 Å². The standard InChI is InChI=1S/C32H30N2O4/c1-31(2,3)20-15-17-16-21(32(4,5)6)28-26(34-30(38-28)19-12-8-10-14-23(19)36)24(17)25-27(20)37-29(33-25)18-11-7-9-13-22(18)35/h7-16,35-36H,1-6H3. The highest BCUT2D eigenvalue weighted by molar-refractivity contribution is 6.18. The minimum absolute atomic E-state index is 0.101. The van der Waals surface area contributed by atoms with Crippen molar-refractivity contribution in [2.45, 2.75) is 52.4 Å². The summed E-state index contributed by atoms with van der Waals surface area (Å²) in [6.07, 6.45) is 0. The van der Waals surface area contributed by atoms with E-state index in [0.717, 1.165) is 21.9 Å². The normalized spacial score (nSPS) is 12.7. The molecule has 0 spiro atoms. The Kier molecular flexibility index (Phi) is 5.12. The zero-order valence-electron chi connectivity index (χ0n) is 22.4. The number of fused-ring (bicyclic) bond motifs is 5. The summed E-state index contributed by atoms with van der Waals surface area (Å²) >= 11 is 0. The minimum atomic E-state index is -0.232. The molecular weight excluding hydrogens is 476 g/mol. The van der Waals surface area contributed by atoms with E-state index in [1.54, 1.807) is 36.4 Å². The number of hydrogen-bond donors (Lipinski definition) is 2. The van der Waals surface area contributed by atoms with E-state index in [2.05, 4.69) is 53.7 Å². The molecule has 0 radical (unpaired) electrons. The first-order valence-corrected chi connectivity index (χ1v) is 12.7. The Labute approximate surface area is 220 Å². The van der Waals surface area contributed by atoms with Gasteiger partial charge < -0.3 is 19.0 Å². The molecule has 0 fully saturated rings. The molecule has 4 aromatic carbocycles. The van der Waals surface area contributed by atoms with Crippen LogP contribution in [0.4, 0.5) is 0 Å². The fourth-order valence-corrected chi connectivity index (χ4v) is 5.01. The van der Waals surface area contributed by atoms with E-state index in [1.807, 2.05) is 12.1 Å². The van der Waals surface area contributed by atoms with Crippen molar-refractivity contribution in [3.05, 3.63) is 71.8 Å². The van der Waals surface area contributed by atoms with Crippen LogP contribution in [-0.4, -0.2) is 20.2 Å². The van der Waals surface area contributed by atoms with E-state index >= 15 is 0 Å². The van der Waals surface area contributed by atoms with Crippen LogP contribution in [0.5, 0.6) is 11.5 Å². The molecule has 6 aromatic rings. The molecule has 6 nitrogen and oxygen atoms in total. The quantitative estimate of drug-likeness (QED) is 0.245. The zero-order valence-corrected chi connectivity index (χ0v) is 22.4. The summed E-state index contributed by atoms with van der Waals surface area (Å²) in [6.45, 7) is 12.9. The van der Waals surface area contributed by atoms with Crippen molar-refractivity contribution in [2.24, 2.45) is 0 Å². The lowest BCUT2D eigenvalue weighted by atomic mass is 9.82. The maximum absolute atomic E-state index is 10.5. The summed E-state index contributed by atoms with van der Waals surface area (Å²) in [5.41, 5.74) is 5.23. The number of hydrogen-bond acceptors (Lipinski definition) is 6. The number of nitrogens with zero attached hydrogens (tertiary/aromatic N) is 2. The number of aromatic nitrogens is 2. The van der Waals surface area contributed by atoms with Gasteiger partial charge in [0.25, 0.3) is 0 Å². The SMILES string of the molecule is CC(C)(C)c1cc2cc(C(C)(C)C)c3oc(-c4ccccc4O)nc3c2c2nc(-c3ccccc3O)oc12. The van der Waals surface area contributed by atoms with E-state index in [4.69, 9.17) is 18.8 Å². The summed E-state index contributed by atoms with van der Waals surface area (Å²) in [4.78, 5) is 9.86. The Morgan fingerprint density at radius 1 is 0.605 bits per heavy atom. The van der Waals surface area contributed by atoms with Crippen LogP contribution in [0.1, 0.15) is 52.7 Å². The molecule has 192 valence electrons. The van der Waals surface area contributed by atoms with Gasteiger partial charge in [0.1, 0.15) is 22.5 Å². The van der Waals surface area contributed by atoms with Gasteiger partial charge in [0.15, 0.2) is 11.2 Å². The molecule has 0 unspecified atom stereocenters. The Morgan fingerprint density at radius 2 is 1.00 bits per heavy atom. The Morgan fingerprint density at radius 3 is 1.37 bits per heavy atom. The van der Waals surface area contributed by atoms with Crippen LogP contribution < -0.4 is 0 Å². The van der Waals surface area contributed by atoms with Crippen molar-refractivity contribution in [3.8, 4) is 34.4 Å². The Balaban J connectivity index is 1.79. The molecule has 0 aliphatic rings. The highest BCUT2D eigenvalue weighted by atomic mass is 16.4. The maximum atomic E-state index is 10.5. The highest BCUT2D eigenvalue weighted by Crippen LogP contribution is 2.45. The molecule has 6 rings (SSSR count). The zero-order chi connectivity index (χ0) is 27.0. The van der Waals surface area contributed by atoms with Gasteiger partial charge in [-0.3, -0.25) is 0 Å². The van der Waals surface area contributed by atoms with Gasteiger partial charge in [0, 0.05) is 16.5 Å². The van der Waals surface area contributed by atoms with Crippen LogP contribution >= 0.6 is 0 Å². The summed E-state index contributed by atoms with van der Waals surface area (Å²) in [6, 6.07) is 18.4. The molecular formula is C32H30N2O4. The number of phenols is 2. The first kappa shape index (κ1) is 24.0. The number of phenolic OH excluding ortho intramolecular Hbond substituents is 2. The lowest BCUT2D eigenvalue weighted by molar-refractivity contribution is 0.473. The van der Waals surface area contributed by atoms with Crippen molar-refractivity contribution in [2.75, 3.05) is 0 Å². The minimum Gasteiger partial charge on any atom is -0.507 e. The third-order valence-corrected chi connectivity index (χ3v) is 6.99. The predicted molar refractivity (Wildman–Crippen MR) is 151 cm³/mol. The Hall–Kier alpha value is -4.32.